The van der Waals surface area contributed by atoms with Crippen molar-refractivity contribution in [2.24, 2.45) is 0 Å². The zero-order valence-corrected chi connectivity index (χ0v) is 9.36. The minimum atomic E-state index is 0.126. The minimum absolute atomic E-state index is 0.126. The standard InChI is InChI=1S/C12H19NO2/c1-3-15-12-6-4-5-11(7-12)8-13-10(2)9-14/h4-7,10,13-14H,3,8-9H2,1-2H3. The molecule has 0 saturated heterocycles. The Morgan fingerprint density at radius 3 is 2.93 bits per heavy atom. The highest BCUT2D eigenvalue weighted by molar-refractivity contribution is 5.28. The van der Waals surface area contributed by atoms with Gasteiger partial charge in [0.15, 0.2) is 0 Å². The van der Waals surface area contributed by atoms with Gasteiger partial charge in [0.05, 0.1) is 13.2 Å². The first kappa shape index (κ1) is 12.0. The van der Waals surface area contributed by atoms with Gasteiger partial charge in [-0.05, 0) is 31.5 Å². The second-order valence-electron chi connectivity index (χ2n) is 3.54. The Balaban J connectivity index is 2.50. The summed E-state index contributed by atoms with van der Waals surface area (Å²) in [6.07, 6.45) is 0. The van der Waals surface area contributed by atoms with Crippen molar-refractivity contribution < 1.29 is 9.84 Å². The summed E-state index contributed by atoms with van der Waals surface area (Å²) < 4.78 is 5.40. The number of hydrogen-bond acceptors (Lipinski definition) is 3. The van der Waals surface area contributed by atoms with Crippen LogP contribution >= 0.6 is 0 Å². The van der Waals surface area contributed by atoms with E-state index in [1.165, 1.54) is 5.56 Å². The molecule has 0 aliphatic heterocycles. The number of aliphatic hydroxyl groups excluding tert-OH is 1. The second-order valence-corrected chi connectivity index (χ2v) is 3.54. The van der Waals surface area contributed by atoms with Gasteiger partial charge in [-0.25, -0.2) is 0 Å². The molecule has 1 unspecified atom stereocenters. The van der Waals surface area contributed by atoms with Gasteiger partial charge in [0, 0.05) is 12.6 Å². The SMILES string of the molecule is CCOc1cccc(CNC(C)CO)c1. The lowest BCUT2D eigenvalue weighted by Crippen LogP contribution is -2.28. The van der Waals surface area contributed by atoms with Gasteiger partial charge in [0.2, 0.25) is 0 Å². The molecule has 0 amide bonds. The van der Waals surface area contributed by atoms with Crippen molar-refractivity contribution in [3.63, 3.8) is 0 Å². The highest BCUT2D eigenvalue weighted by atomic mass is 16.5. The van der Waals surface area contributed by atoms with Gasteiger partial charge in [-0.15, -0.1) is 0 Å². The van der Waals surface area contributed by atoms with Crippen LogP contribution in [0.4, 0.5) is 0 Å². The van der Waals surface area contributed by atoms with E-state index in [1.54, 1.807) is 0 Å². The van der Waals surface area contributed by atoms with Crippen molar-refractivity contribution in [2.75, 3.05) is 13.2 Å². The van der Waals surface area contributed by atoms with E-state index in [1.807, 2.05) is 38.1 Å². The summed E-state index contributed by atoms with van der Waals surface area (Å²) in [5, 5.41) is 12.1. The summed E-state index contributed by atoms with van der Waals surface area (Å²) in [5.41, 5.74) is 1.17. The molecule has 1 rings (SSSR count). The molecular formula is C12H19NO2. The van der Waals surface area contributed by atoms with Crippen LogP contribution < -0.4 is 10.1 Å². The van der Waals surface area contributed by atoms with Gasteiger partial charge in [-0.1, -0.05) is 12.1 Å². The maximum absolute atomic E-state index is 8.86. The molecule has 0 fully saturated rings. The summed E-state index contributed by atoms with van der Waals surface area (Å²) in [7, 11) is 0. The van der Waals surface area contributed by atoms with Crippen LogP contribution in [0.2, 0.25) is 0 Å². The number of rotatable bonds is 6. The average Bonchev–Trinajstić information content (AvgIpc) is 2.27. The number of nitrogens with one attached hydrogen (secondary N) is 1. The molecule has 1 aromatic carbocycles. The Bertz CT molecular complexity index is 289. The molecular weight excluding hydrogens is 190 g/mol. The molecule has 1 aromatic rings. The van der Waals surface area contributed by atoms with Gasteiger partial charge < -0.3 is 15.2 Å². The van der Waals surface area contributed by atoms with Crippen molar-refractivity contribution in [1.82, 2.24) is 5.32 Å². The van der Waals surface area contributed by atoms with Crippen LogP contribution in [-0.4, -0.2) is 24.4 Å². The molecule has 0 aliphatic rings. The fourth-order valence-electron chi connectivity index (χ4n) is 1.27. The van der Waals surface area contributed by atoms with Crippen molar-refractivity contribution in [2.45, 2.75) is 26.4 Å². The zero-order chi connectivity index (χ0) is 11.1. The first-order chi connectivity index (χ1) is 7.26. The van der Waals surface area contributed by atoms with Crippen LogP contribution in [0.1, 0.15) is 19.4 Å². The van der Waals surface area contributed by atoms with Crippen LogP contribution in [0.3, 0.4) is 0 Å². The fourth-order valence-corrected chi connectivity index (χ4v) is 1.27. The van der Waals surface area contributed by atoms with Crippen LogP contribution in [-0.2, 0) is 6.54 Å². The second kappa shape index (κ2) is 6.43. The predicted octanol–water partition coefficient (Wildman–Crippen LogP) is 1.56. The zero-order valence-electron chi connectivity index (χ0n) is 9.36. The Labute approximate surface area is 91.1 Å². The maximum atomic E-state index is 8.86. The lowest BCUT2D eigenvalue weighted by Gasteiger charge is -2.11. The van der Waals surface area contributed by atoms with Crippen molar-refractivity contribution >= 4 is 0 Å². The Morgan fingerprint density at radius 2 is 2.27 bits per heavy atom. The van der Waals surface area contributed by atoms with Gasteiger partial charge in [-0.2, -0.15) is 0 Å². The summed E-state index contributed by atoms with van der Waals surface area (Å²) >= 11 is 0. The van der Waals surface area contributed by atoms with Crippen molar-refractivity contribution in [3.05, 3.63) is 29.8 Å². The van der Waals surface area contributed by atoms with E-state index in [9.17, 15) is 0 Å². The van der Waals surface area contributed by atoms with Gasteiger partial charge in [0.1, 0.15) is 5.75 Å². The van der Waals surface area contributed by atoms with E-state index in [0.717, 1.165) is 12.3 Å². The van der Waals surface area contributed by atoms with E-state index in [4.69, 9.17) is 9.84 Å². The molecule has 0 radical (unpaired) electrons. The third-order valence-electron chi connectivity index (χ3n) is 2.14. The van der Waals surface area contributed by atoms with Gasteiger partial charge in [0.25, 0.3) is 0 Å². The van der Waals surface area contributed by atoms with Crippen LogP contribution in [0.5, 0.6) is 5.75 Å². The quantitative estimate of drug-likeness (QED) is 0.747. The Hall–Kier alpha value is -1.06. The molecule has 2 N–H and O–H groups in total. The minimum Gasteiger partial charge on any atom is -0.494 e. The summed E-state index contributed by atoms with van der Waals surface area (Å²) in [6, 6.07) is 8.11. The number of benzene rings is 1. The molecule has 0 heterocycles. The van der Waals surface area contributed by atoms with Gasteiger partial charge >= 0.3 is 0 Å². The molecule has 15 heavy (non-hydrogen) atoms. The highest BCUT2D eigenvalue weighted by Crippen LogP contribution is 2.13. The predicted molar refractivity (Wildman–Crippen MR) is 61.0 cm³/mol. The number of ether oxygens (including phenoxy) is 1. The van der Waals surface area contributed by atoms with Crippen LogP contribution in [0, 0.1) is 0 Å². The fraction of sp³-hybridized carbons (Fsp3) is 0.500. The summed E-state index contributed by atoms with van der Waals surface area (Å²) in [4.78, 5) is 0. The molecule has 3 heteroatoms. The molecule has 0 bridgehead atoms. The molecule has 1 atom stereocenters. The van der Waals surface area contributed by atoms with E-state index in [-0.39, 0.29) is 12.6 Å². The largest absolute Gasteiger partial charge is 0.494 e. The molecule has 0 spiro atoms. The molecule has 3 nitrogen and oxygen atoms in total. The first-order valence-corrected chi connectivity index (χ1v) is 5.32. The number of aliphatic hydroxyl groups is 1. The third-order valence-corrected chi connectivity index (χ3v) is 2.14. The molecule has 0 saturated carbocycles. The topological polar surface area (TPSA) is 41.5 Å². The van der Waals surface area contributed by atoms with Crippen LogP contribution in [0.15, 0.2) is 24.3 Å². The Morgan fingerprint density at radius 1 is 1.47 bits per heavy atom. The third kappa shape index (κ3) is 4.32. The maximum Gasteiger partial charge on any atom is 0.119 e. The molecule has 84 valence electrons. The lowest BCUT2D eigenvalue weighted by molar-refractivity contribution is 0.251. The summed E-state index contributed by atoms with van der Waals surface area (Å²) in [6.45, 7) is 5.52. The lowest BCUT2D eigenvalue weighted by atomic mass is 10.2. The molecule has 0 aromatic heterocycles. The van der Waals surface area contributed by atoms with E-state index in [2.05, 4.69) is 5.32 Å². The smallest absolute Gasteiger partial charge is 0.119 e. The normalized spacial score (nSPS) is 12.5. The average molecular weight is 209 g/mol. The van der Waals surface area contributed by atoms with E-state index < -0.39 is 0 Å². The summed E-state index contributed by atoms with van der Waals surface area (Å²) in [5.74, 6) is 0.897. The van der Waals surface area contributed by atoms with E-state index >= 15 is 0 Å². The van der Waals surface area contributed by atoms with E-state index in [0.29, 0.717) is 6.61 Å². The Kier molecular flexibility index (Phi) is 5.15. The number of hydrogen-bond donors (Lipinski definition) is 2. The van der Waals surface area contributed by atoms with Crippen LogP contribution in [0.25, 0.3) is 0 Å². The highest BCUT2D eigenvalue weighted by Gasteiger charge is 2.00. The van der Waals surface area contributed by atoms with Crippen molar-refractivity contribution in [1.29, 1.82) is 0 Å². The first-order valence-electron chi connectivity index (χ1n) is 5.32. The van der Waals surface area contributed by atoms with Gasteiger partial charge in [-0.3, -0.25) is 0 Å². The van der Waals surface area contributed by atoms with Crippen molar-refractivity contribution in [3.8, 4) is 5.75 Å². The monoisotopic (exact) mass is 209 g/mol. The molecule has 0 aliphatic carbocycles.